The van der Waals surface area contributed by atoms with Crippen LogP contribution in [0.4, 0.5) is 0 Å². The molecule has 0 aliphatic heterocycles. The van der Waals surface area contributed by atoms with Crippen molar-refractivity contribution >= 4 is 17.9 Å². The summed E-state index contributed by atoms with van der Waals surface area (Å²) < 4.78 is 16.7. The van der Waals surface area contributed by atoms with Crippen LogP contribution < -0.4 is 0 Å². The molecular weight excluding hydrogens is 817 g/mol. The second-order valence-electron chi connectivity index (χ2n) is 18.8. The fraction of sp³-hybridized carbons (Fsp3) is 0.783. The van der Waals surface area contributed by atoms with Crippen molar-refractivity contribution in [1.29, 1.82) is 0 Å². The summed E-state index contributed by atoms with van der Waals surface area (Å²) >= 11 is 0. The van der Waals surface area contributed by atoms with Crippen molar-refractivity contribution in [3.05, 3.63) is 60.8 Å². The van der Waals surface area contributed by atoms with Crippen LogP contribution in [0.2, 0.25) is 0 Å². The van der Waals surface area contributed by atoms with Gasteiger partial charge >= 0.3 is 17.9 Å². The number of carbonyl (C=O) groups is 3. The van der Waals surface area contributed by atoms with E-state index < -0.39 is 6.10 Å². The van der Waals surface area contributed by atoms with E-state index >= 15 is 0 Å². The van der Waals surface area contributed by atoms with Gasteiger partial charge in [-0.3, -0.25) is 14.4 Å². The molecule has 0 radical (unpaired) electrons. The predicted octanol–water partition coefficient (Wildman–Crippen LogP) is 18.8. The van der Waals surface area contributed by atoms with E-state index in [0.29, 0.717) is 19.3 Å². The molecule has 1 atom stereocenters. The van der Waals surface area contributed by atoms with Gasteiger partial charge in [-0.2, -0.15) is 0 Å². The van der Waals surface area contributed by atoms with Crippen LogP contribution in [-0.4, -0.2) is 37.2 Å². The molecule has 0 spiro atoms. The summed E-state index contributed by atoms with van der Waals surface area (Å²) in [6.45, 7) is 6.49. The molecule has 0 heterocycles. The van der Waals surface area contributed by atoms with Crippen LogP contribution in [0.15, 0.2) is 60.8 Å². The number of rotatable bonds is 51. The van der Waals surface area contributed by atoms with Gasteiger partial charge in [0.2, 0.25) is 0 Å². The average Bonchev–Trinajstić information content (AvgIpc) is 3.31. The third-order valence-corrected chi connectivity index (χ3v) is 12.3. The van der Waals surface area contributed by atoms with Gasteiger partial charge in [-0.15, -0.1) is 0 Å². The van der Waals surface area contributed by atoms with Gasteiger partial charge in [0.05, 0.1) is 0 Å². The summed E-state index contributed by atoms with van der Waals surface area (Å²) in [7, 11) is 0. The highest BCUT2D eigenvalue weighted by Crippen LogP contribution is 2.16. The molecule has 6 nitrogen and oxygen atoms in total. The number of allylic oxidation sites excluding steroid dienone is 10. The number of carbonyl (C=O) groups excluding carboxylic acids is 3. The Bertz CT molecular complexity index is 1200. The molecule has 0 rings (SSSR count). The van der Waals surface area contributed by atoms with E-state index in [9.17, 15) is 14.4 Å². The van der Waals surface area contributed by atoms with Crippen molar-refractivity contribution in [3.63, 3.8) is 0 Å². The van der Waals surface area contributed by atoms with E-state index in [4.69, 9.17) is 14.2 Å². The highest BCUT2D eigenvalue weighted by Gasteiger charge is 2.19. The zero-order chi connectivity index (χ0) is 47.9. The monoisotopic (exact) mass is 923 g/mol. The van der Waals surface area contributed by atoms with Crippen molar-refractivity contribution in [2.24, 2.45) is 0 Å². The summed E-state index contributed by atoms with van der Waals surface area (Å²) in [6, 6.07) is 0. The quantitative estimate of drug-likeness (QED) is 0.0262. The van der Waals surface area contributed by atoms with Gasteiger partial charge in [-0.1, -0.05) is 261 Å². The molecule has 0 saturated carbocycles. The Labute approximate surface area is 409 Å². The molecule has 0 aromatic heterocycles. The average molecular weight is 924 g/mol. The molecule has 0 aliphatic rings. The molecule has 6 heteroatoms. The Morgan fingerprint density at radius 1 is 0.318 bits per heavy atom. The van der Waals surface area contributed by atoms with Crippen molar-refractivity contribution in [3.8, 4) is 0 Å². The van der Waals surface area contributed by atoms with Gasteiger partial charge in [0.15, 0.2) is 6.10 Å². The van der Waals surface area contributed by atoms with Gasteiger partial charge in [0.25, 0.3) is 0 Å². The third-order valence-electron chi connectivity index (χ3n) is 12.3. The maximum atomic E-state index is 12.7. The van der Waals surface area contributed by atoms with Crippen molar-refractivity contribution < 1.29 is 28.6 Å². The van der Waals surface area contributed by atoms with Crippen LogP contribution in [0.5, 0.6) is 0 Å². The minimum Gasteiger partial charge on any atom is -0.462 e. The summed E-state index contributed by atoms with van der Waals surface area (Å²) in [6.07, 6.45) is 68.2. The number of hydrogen-bond donors (Lipinski definition) is 0. The molecule has 0 N–H and O–H groups in total. The van der Waals surface area contributed by atoms with E-state index in [1.165, 1.54) is 154 Å². The standard InChI is InChI=1S/C60H106O6/c1-4-7-10-13-16-19-20-21-22-23-24-25-26-27-28-29-30-31-32-33-34-35-36-37-38-39-40-42-44-47-50-53-59(62)65-56-57(55-64-58(61)52-49-46-43-18-15-12-9-6-3)66-60(63)54-51-48-45-41-17-14-11-8-5-2/h7,10,16,19,21-22,24-25,27-28,57H,4-6,8-9,11-15,17-18,20,23,26,29-56H2,1-3H3/b10-7-,19-16-,22-21-,25-24-,28-27-. The Hall–Kier alpha value is -2.89. The first-order valence-electron chi connectivity index (χ1n) is 28.3. The predicted molar refractivity (Wildman–Crippen MR) is 284 cm³/mol. The molecule has 0 bridgehead atoms. The lowest BCUT2D eigenvalue weighted by Gasteiger charge is -2.18. The number of unbranched alkanes of at least 4 members (excludes halogenated alkanes) is 30. The summed E-state index contributed by atoms with van der Waals surface area (Å²) in [5, 5.41) is 0. The largest absolute Gasteiger partial charge is 0.462 e. The lowest BCUT2D eigenvalue weighted by Crippen LogP contribution is -2.30. The first-order chi connectivity index (χ1) is 32.5. The molecule has 0 saturated heterocycles. The van der Waals surface area contributed by atoms with E-state index in [1.54, 1.807) is 0 Å². The molecule has 0 amide bonds. The maximum absolute atomic E-state index is 12.7. The highest BCUT2D eigenvalue weighted by atomic mass is 16.6. The van der Waals surface area contributed by atoms with Crippen molar-refractivity contribution in [2.45, 2.75) is 290 Å². The van der Waals surface area contributed by atoms with E-state index in [1.807, 2.05) is 0 Å². The third kappa shape index (κ3) is 52.1. The number of hydrogen-bond acceptors (Lipinski definition) is 6. The highest BCUT2D eigenvalue weighted by molar-refractivity contribution is 5.71. The molecule has 0 aromatic carbocycles. The zero-order valence-electron chi connectivity index (χ0n) is 43.7. The molecule has 66 heavy (non-hydrogen) atoms. The normalized spacial score (nSPS) is 12.5. The Morgan fingerprint density at radius 3 is 0.924 bits per heavy atom. The fourth-order valence-electron chi connectivity index (χ4n) is 8.06. The molecule has 0 aromatic rings. The van der Waals surface area contributed by atoms with Crippen LogP contribution in [0.3, 0.4) is 0 Å². The number of ether oxygens (including phenoxy) is 3. The van der Waals surface area contributed by atoms with Crippen LogP contribution in [0, 0.1) is 0 Å². The number of esters is 3. The minimum absolute atomic E-state index is 0.0693. The fourth-order valence-corrected chi connectivity index (χ4v) is 8.06. The van der Waals surface area contributed by atoms with Crippen LogP contribution in [0.25, 0.3) is 0 Å². The Morgan fingerprint density at radius 2 is 0.591 bits per heavy atom. The smallest absolute Gasteiger partial charge is 0.306 e. The molecule has 0 aliphatic carbocycles. The maximum Gasteiger partial charge on any atom is 0.306 e. The van der Waals surface area contributed by atoms with Crippen LogP contribution >= 0.6 is 0 Å². The zero-order valence-corrected chi connectivity index (χ0v) is 43.7. The summed E-state index contributed by atoms with van der Waals surface area (Å²) in [5.74, 6) is -0.868. The van der Waals surface area contributed by atoms with Crippen molar-refractivity contribution in [2.75, 3.05) is 13.2 Å². The molecular formula is C60H106O6. The SMILES string of the molecule is CC/C=C\C/C=C\C/C=C\C/C=C\C/C=C\CCCCCCCCCCCCCCCCCC(=O)OCC(COC(=O)CCCCCCCCCC)OC(=O)CCCCCCCCCCC. The topological polar surface area (TPSA) is 78.9 Å². The lowest BCUT2D eigenvalue weighted by molar-refractivity contribution is -0.167. The second-order valence-corrected chi connectivity index (χ2v) is 18.8. The van der Waals surface area contributed by atoms with E-state index in [-0.39, 0.29) is 31.1 Å². The van der Waals surface area contributed by atoms with Crippen LogP contribution in [0.1, 0.15) is 284 Å². The Kier molecular flexibility index (Phi) is 52.3. The van der Waals surface area contributed by atoms with Gasteiger partial charge < -0.3 is 14.2 Å². The molecule has 382 valence electrons. The Balaban J connectivity index is 3.98. The minimum atomic E-state index is -0.765. The van der Waals surface area contributed by atoms with Crippen LogP contribution in [-0.2, 0) is 28.6 Å². The lowest BCUT2D eigenvalue weighted by atomic mass is 10.0. The van der Waals surface area contributed by atoms with Gasteiger partial charge in [-0.05, 0) is 64.2 Å². The first kappa shape index (κ1) is 63.1. The van der Waals surface area contributed by atoms with Gasteiger partial charge in [-0.25, -0.2) is 0 Å². The first-order valence-corrected chi connectivity index (χ1v) is 28.3. The second kappa shape index (κ2) is 54.7. The molecule has 1 unspecified atom stereocenters. The van der Waals surface area contributed by atoms with Gasteiger partial charge in [0.1, 0.15) is 13.2 Å². The summed E-state index contributed by atoms with van der Waals surface area (Å²) in [4.78, 5) is 37.8. The van der Waals surface area contributed by atoms with E-state index in [2.05, 4.69) is 81.5 Å². The van der Waals surface area contributed by atoms with Crippen molar-refractivity contribution in [1.82, 2.24) is 0 Å². The summed E-state index contributed by atoms with van der Waals surface area (Å²) in [5.41, 5.74) is 0. The van der Waals surface area contributed by atoms with E-state index in [0.717, 1.165) is 89.9 Å². The molecule has 0 fully saturated rings. The van der Waals surface area contributed by atoms with Gasteiger partial charge in [0, 0.05) is 19.3 Å².